The number of aromatic nitrogens is 2. The summed E-state index contributed by atoms with van der Waals surface area (Å²) in [6.07, 6.45) is -2.26. The number of nitrogens with one attached hydrogen (secondary N) is 1. The molecule has 2 fully saturated rings. The molecule has 2 aliphatic rings. The van der Waals surface area contributed by atoms with Crippen LogP contribution in [0, 0.1) is 17.7 Å². The molecule has 0 saturated heterocycles. The van der Waals surface area contributed by atoms with Crippen molar-refractivity contribution in [3.05, 3.63) is 48.3 Å². The summed E-state index contributed by atoms with van der Waals surface area (Å²) in [5, 5.41) is 2.61. The second-order valence-corrected chi connectivity index (χ2v) is 9.69. The molecular weight excluding hydrogens is 549 g/mol. The number of ether oxygens (including phenoxy) is 1. The first-order valence-electron chi connectivity index (χ1n) is 11.2. The maximum absolute atomic E-state index is 15.2. The number of alkyl halides is 7. The number of carbonyl (C=O) groups is 2. The third-order valence-corrected chi connectivity index (χ3v) is 7.14. The second kappa shape index (κ2) is 9.86. The number of benzene rings is 1. The van der Waals surface area contributed by atoms with Gasteiger partial charge in [-0.15, -0.1) is 13.2 Å². The van der Waals surface area contributed by atoms with E-state index >= 15 is 4.39 Å². The largest absolute Gasteiger partial charge is 0.573 e. The van der Waals surface area contributed by atoms with E-state index < -0.39 is 76.8 Å². The van der Waals surface area contributed by atoms with E-state index in [4.69, 9.17) is 11.6 Å². The summed E-state index contributed by atoms with van der Waals surface area (Å²) in [5.41, 5.74) is -6.09. The van der Waals surface area contributed by atoms with Gasteiger partial charge in [-0.2, -0.15) is 0 Å². The van der Waals surface area contributed by atoms with Gasteiger partial charge in [0.15, 0.2) is 11.4 Å². The summed E-state index contributed by atoms with van der Waals surface area (Å²) in [4.78, 5) is 34.7. The molecule has 2 aromatic rings. The summed E-state index contributed by atoms with van der Waals surface area (Å²) in [6.45, 7) is 1.10. The standard InChI is InChI=1S/C23H20ClF7N4O3/c1-21(13-8-32-10-33-9-13,20(37)34-16-5-12-4-11(16)7-22(12,27)28)35(19(36)18(24)26)17-3-2-14(6-15(17)25)38-23(29,30)31/h2-3,6,8-12,16,18H,4-5,7H2,1H3,(H,34,37)/t11?,12?,16-,18+,21+/m1/s1. The Bertz CT molecular complexity index is 1220. The molecule has 206 valence electrons. The molecule has 0 spiro atoms. The fourth-order valence-electron chi connectivity index (χ4n) is 5.15. The van der Waals surface area contributed by atoms with E-state index in [1.807, 2.05) is 0 Å². The smallest absolute Gasteiger partial charge is 0.406 e. The van der Waals surface area contributed by atoms with Crippen molar-refractivity contribution < 1.29 is 45.1 Å². The Morgan fingerprint density at radius 2 is 1.87 bits per heavy atom. The number of hydrogen-bond acceptors (Lipinski definition) is 5. The van der Waals surface area contributed by atoms with Crippen LogP contribution in [0.3, 0.4) is 0 Å². The Kier molecular flexibility index (Phi) is 7.23. The molecule has 15 heteroatoms. The van der Waals surface area contributed by atoms with Crippen molar-refractivity contribution in [3.63, 3.8) is 0 Å². The summed E-state index contributed by atoms with van der Waals surface area (Å²) < 4.78 is 98.9. The van der Waals surface area contributed by atoms with Crippen LogP contribution in [0.15, 0.2) is 36.9 Å². The van der Waals surface area contributed by atoms with Gasteiger partial charge in [-0.3, -0.25) is 14.5 Å². The first-order valence-corrected chi connectivity index (χ1v) is 11.7. The van der Waals surface area contributed by atoms with Gasteiger partial charge in [0.2, 0.25) is 0 Å². The van der Waals surface area contributed by atoms with Crippen molar-refractivity contribution in [1.82, 2.24) is 15.3 Å². The SMILES string of the molecule is C[C@@](C(=O)N[C@@H]1CC2CC1CC2(F)F)(c1cncnc1)N(C(=O)[C@H](F)Cl)c1ccc(OC(F)(F)F)cc1F. The summed E-state index contributed by atoms with van der Waals surface area (Å²) in [7, 11) is 0. The van der Waals surface area contributed by atoms with E-state index in [2.05, 4.69) is 20.0 Å². The zero-order valence-corrected chi connectivity index (χ0v) is 20.2. The summed E-state index contributed by atoms with van der Waals surface area (Å²) >= 11 is 5.39. The van der Waals surface area contributed by atoms with Crippen molar-refractivity contribution in [2.75, 3.05) is 4.90 Å². The quantitative estimate of drug-likeness (QED) is 0.381. The zero-order chi connectivity index (χ0) is 28.0. The molecule has 0 radical (unpaired) electrons. The minimum absolute atomic E-state index is 0.0577. The third-order valence-electron chi connectivity index (χ3n) is 6.96. The van der Waals surface area contributed by atoms with Crippen molar-refractivity contribution in [3.8, 4) is 5.75 Å². The number of fused-ring (bicyclic) bond motifs is 2. The number of anilines is 1. The van der Waals surface area contributed by atoms with Crippen molar-refractivity contribution in [2.45, 2.75) is 55.7 Å². The summed E-state index contributed by atoms with van der Waals surface area (Å²) in [6, 6.07) is 0.909. The Hall–Kier alpha value is -3.16. The van der Waals surface area contributed by atoms with Crippen LogP contribution in [-0.4, -0.2) is 45.7 Å². The van der Waals surface area contributed by atoms with Gasteiger partial charge in [0.25, 0.3) is 23.4 Å². The van der Waals surface area contributed by atoms with Gasteiger partial charge in [-0.05, 0) is 37.8 Å². The minimum atomic E-state index is -5.16. The molecule has 4 rings (SSSR count). The van der Waals surface area contributed by atoms with Crippen molar-refractivity contribution in [1.29, 1.82) is 0 Å². The average Bonchev–Trinajstić information content (AvgIpc) is 3.35. The molecule has 2 saturated carbocycles. The Labute approximate surface area is 216 Å². The van der Waals surface area contributed by atoms with Gasteiger partial charge in [0, 0.05) is 42.4 Å². The molecule has 2 unspecified atom stereocenters. The van der Waals surface area contributed by atoms with Crippen LogP contribution in [0.2, 0.25) is 0 Å². The molecule has 38 heavy (non-hydrogen) atoms. The Balaban J connectivity index is 1.77. The minimum Gasteiger partial charge on any atom is -0.406 e. The number of amides is 2. The van der Waals surface area contributed by atoms with Gasteiger partial charge >= 0.3 is 6.36 Å². The highest BCUT2D eigenvalue weighted by Gasteiger charge is 2.58. The average molecular weight is 569 g/mol. The third kappa shape index (κ3) is 5.22. The van der Waals surface area contributed by atoms with Crippen LogP contribution in [0.4, 0.5) is 36.4 Å². The molecule has 1 heterocycles. The van der Waals surface area contributed by atoms with E-state index in [1.54, 1.807) is 0 Å². The number of rotatable bonds is 7. The van der Waals surface area contributed by atoms with Gasteiger partial charge in [-0.25, -0.2) is 27.5 Å². The van der Waals surface area contributed by atoms with Gasteiger partial charge < -0.3 is 10.1 Å². The monoisotopic (exact) mass is 568 g/mol. The summed E-state index contributed by atoms with van der Waals surface area (Å²) in [5.74, 6) is -9.52. The van der Waals surface area contributed by atoms with E-state index in [0.29, 0.717) is 23.1 Å². The molecule has 2 bridgehead atoms. The van der Waals surface area contributed by atoms with E-state index in [-0.39, 0.29) is 18.4 Å². The first kappa shape index (κ1) is 27.9. The zero-order valence-electron chi connectivity index (χ0n) is 19.5. The first-order chi connectivity index (χ1) is 17.6. The predicted octanol–water partition coefficient (Wildman–Crippen LogP) is 4.85. The highest BCUT2D eigenvalue weighted by Crippen LogP contribution is 2.54. The van der Waals surface area contributed by atoms with E-state index in [0.717, 1.165) is 25.6 Å². The number of hydrogen-bond donors (Lipinski definition) is 1. The topological polar surface area (TPSA) is 84.4 Å². The predicted molar refractivity (Wildman–Crippen MR) is 118 cm³/mol. The molecular formula is C23H20ClF7N4O3. The van der Waals surface area contributed by atoms with Gasteiger partial charge in [0.1, 0.15) is 12.1 Å². The van der Waals surface area contributed by atoms with Crippen LogP contribution in [0.25, 0.3) is 0 Å². The maximum atomic E-state index is 15.2. The Morgan fingerprint density at radius 3 is 2.37 bits per heavy atom. The van der Waals surface area contributed by atoms with Crippen LogP contribution < -0.4 is 15.0 Å². The maximum Gasteiger partial charge on any atom is 0.573 e. The van der Waals surface area contributed by atoms with Gasteiger partial charge in [-0.1, -0.05) is 11.6 Å². The molecule has 2 aliphatic carbocycles. The lowest BCUT2D eigenvalue weighted by atomic mass is 9.87. The molecule has 1 aromatic heterocycles. The molecule has 2 amide bonds. The van der Waals surface area contributed by atoms with Crippen molar-refractivity contribution in [2.24, 2.45) is 11.8 Å². The number of halogens is 8. The van der Waals surface area contributed by atoms with Crippen LogP contribution in [-0.2, 0) is 15.1 Å². The van der Waals surface area contributed by atoms with Crippen LogP contribution in [0.1, 0.15) is 31.7 Å². The van der Waals surface area contributed by atoms with Crippen LogP contribution in [0.5, 0.6) is 5.75 Å². The lowest BCUT2D eigenvalue weighted by Crippen LogP contribution is -2.60. The number of carbonyl (C=O) groups excluding carboxylic acids is 2. The lowest BCUT2D eigenvalue weighted by molar-refractivity contribution is -0.274. The highest BCUT2D eigenvalue weighted by atomic mass is 35.5. The molecule has 1 aromatic carbocycles. The normalized spacial score (nSPS) is 24.4. The van der Waals surface area contributed by atoms with Crippen molar-refractivity contribution >= 4 is 29.1 Å². The molecule has 5 atom stereocenters. The fourth-order valence-corrected chi connectivity index (χ4v) is 5.25. The molecule has 7 nitrogen and oxygen atoms in total. The number of nitrogens with zero attached hydrogens (tertiary/aromatic N) is 3. The van der Waals surface area contributed by atoms with E-state index in [1.165, 1.54) is 0 Å². The molecule has 0 aliphatic heterocycles. The van der Waals surface area contributed by atoms with Gasteiger partial charge in [0.05, 0.1) is 5.69 Å². The van der Waals surface area contributed by atoms with E-state index in [9.17, 15) is 35.9 Å². The second-order valence-electron chi connectivity index (χ2n) is 9.31. The fraction of sp³-hybridized carbons (Fsp3) is 0.478. The molecule has 1 N–H and O–H groups in total. The van der Waals surface area contributed by atoms with Crippen LogP contribution >= 0.6 is 11.6 Å². The lowest BCUT2D eigenvalue weighted by Gasteiger charge is -2.41. The highest BCUT2D eigenvalue weighted by molar-refractivity contribution is 6.32. The Morgan fingerprint density at radius 1 is 1.21 bits per heavy atom.